The summed E-state index contributed by atoms with van der Waals surface area (Å²) in [5.74, 6) is 0.454. The first-order chi connectivity index (χ1) is 9.19. The maximum atomic E-state index is 9.36. The zero-order valence-corrected chi connectivity index (χ0v) is 11.3. The summed E-state index contributed by atoms with van der Waals surface area (Å²) in [6.07, 6.45) is 1.97. The molecule has 3 nitrogen and oxygen atoms in total. The zero-order chi connectivity index (χ0) is 13.8. The van der Waals surface area contributed by atoms with E-state index in [0.717, 1.165) is 35.2 Å². The van der Waals surface area contributed by atoms with E-state index in [-0.39, 0.29) is 0 Å². The first-order valence-corrected chi connectivity index (χ1v) is 6.48. The third kappa shape index (κ3) is 2.43. The highest BCUT2D eigenvalue weighted by molar-refractivity contribution is 5.77. The van der Waals surface area contributed by atoms with Gasteiger partial charge in [0.05, 0.1) is 0 Å². The molecular weight excluding hydrogens is 234 g/mol. The van der Waals surface area contributed by atoms with Crippen molar-refractivity contribution >= 4 is 5.82 Å². The van der Waals surface area contributed by atoms with Crippen LogP contribution in [0.3, 0.4) is 0 Å². The van der Waals surface area contributed by atoms with Gasteiger partial charge in [-0.2, -0.15) is 5.26 Å². The molecule has 1 aromatic carbocycles. The van der Waals surface area contributed by atoms with Crippen LogP contribution in [0, 0.1) is 18.3 Å². The highest BCUT2D eigenvalue weighted by Gasteiger charge is 2.19. The summed E-state index contributed by atoms with van der Waals surface area (Å²) in [5.41, 5.74) is 10.7. The number of benzene rings is 1. The average Bonchev–Trinajstić information content (AvgIpc) is 2.43. The van der Waals surface area contributed by atoms with Crippen LogP contribution in [0.1, 0.15) is 30.2 Å². The molecule has 0 unspecified atom stereocenters. The molecular formula is C16H18N3+. The predicted molar refractivity (Wildman–Crippen MR) is 76.3 cm³/mol. The summed E-state index contributed by atoms with van der Waals surface area (Å²) in [6, 6.07) is 12.2. The Balaban J connectivity index is 2.74. The lowest BCUT2D eigenvalue weighted by Gasteiger charge is -2.11. The fraction of sp³-hybridized carbons (Fsp3) is 0.250. The Morgan fingerprint density at radius 3 is 2.53 bits per heavy atom. The molecule has 0 atom stereocenters. The lowest BCUT2D eigenvalue weighted by molar-refractivity contribution is -0.373. The minimum atomic E-state index is 0.454. The van der Waals surface area contributed by atoms with Gasteiger partial charge in [-0.3, -0.25) is 5.73 Å². The molecule has 0 saturated carbocycles. The summed E-state index contributed by atoms with van der Waals surface area (Å²) in [5, 5.41) is 9.36. The van der Waals surface area contributed by atoms with E-state index in [0.29, 0.717) is 11.4 Å². The highest BCUT2D eigenvalue weighted by Crippen LogP contribution is 2.30. The van der Waals surface area contributed by atoms with E-state index >= 15 is 0 Å². The number of H-pyrrole nitrogens is 1. The molecule has 2 rings (SSSR count). The van der Waals surface area contributed by atoms with Crippen LogP contribution in [-0.2, 0) is 6.42 Å². The maximum Gasteiger partial charge on any atom is 0.289 e. The molecule has 0 bridgehead atoms. The van der Waals surface area contributed by atoms with Crippen molar-refractivity contribution in [2.24, 2.45) is 0 Å². The molecule has 2 aromatic rings. The van der Waals surface area contributed by atoms with Crippen molar-refractivity contribution in [1.82, 2.24) is 0 Å². The van der Waals surface area contributed by atoms with Crippen molar-refractivity contribution < 1.29 is 4.98 Å². The molecule has 3 heteroatoms. The Morgan fingerprint density at radius 2 is 1.95 bits per heavy atom. The van der Waals surface area contributed by atoms with Crippen LogP contribution < -0.4 is 10.7 Å². The van der Waals surface area contributed by atoms with E-state index in [1.54, 1.807) is 0 Å². The van der Waals surface area contributed by atoms with E-state index in [9.17, 15) is 5.26 Å². The Bertz CT molecular complexity index is 625. The predicted octanol–water partition coefficient (Wildman–Crippen LogP) is 2.88. The van der Waals surface area contributed by atoms with Crippen LogP contribution in [0.2, 0.25) is 0 Å². The smallest absolute Gasteiger partial charge is 0.286 e. The van der Waals surface area contributed by atoms with E-state index in [1.807, 2.05) is 37.3 Å². The summed E-state index contributed by atoms with van der Waals surface area (Å²) in [6.45, 7) is 4.17. The number of rotatable bonds is 3. The number of nitrogens with one attached hydrogen (secondary N) is 1. The standard InChI is InChI=1S/C16H17N3/c1-3-7-14-11(2)15(12-8-5-4-6-9-12)13(10-17)16(18)19-14/h4-6,8-9H,3,7H2,1-2H3,(H2,18,19)/p+1. The summed E-state index contributed by atoms with van der Waals surface area (Å²) in [7, 11) is 0. The Morgan fingerprint density at radius 1 is 1.26 bits per heavy atom. The number of aromatic amines is 1. The fourth-order valence-corrected chi connectivity index (χ4v) is 2.37. The van der Waals surface area contributed by atoms with E-state index in [4.69, 9.17) is 5.73 Å². The number of hydrogen-bond acceptors (Lipinski definition) is 2. The first-order valence-electron chi connectivity index (χ1n) is 6.48. The SMILES string of the molecule is CCCc1[nH+]c(N)c(C#N)c(-c2ccccc2)c1C. The van der Waals surface area contributed by atoms with Crippen LogP contribution in [-0.4, -0.2) is 0 Å². The number of aromatic nitrogens is 1. The van der Waals surface area contributed by atoms with Crippen molar-refractivity contribution in [2.75, 3.05) is 5.73 Å². The van der Waals surface area contributed by atoms with Gasteiger partial charge in [0.1, 0.15) is 17.3 Å². The van der Waals surface area contributed by atoms with Gasteiger partial charge in [0, 0.05) is 17.5 Å². The second-order valence-electron chi connectivity index (χ2n) is 4.62. The molecule has 1 aromatic heterocycles. The molecule has 19 heavy (non-hydrogen) atoms. The van der Waals surface area contributed by atoms with Gasteiger partial charge >= 0.3 is 0 Å². The minimum absolute atomic E-state index is 0.454. The van der Waals surface area contributed by atoms with Crippen LogP contribution in [0.5, 0.6) is 0 Å². The number of hydrogen-bond donors (Lipinski definition) is 1. The van der Waals surface area contributed by atoms with Crippen molar-refractivity contribution in [3.05, 3.63) is 47.2 Å². The quantitative estimate of drug-likeness (QED) is 0.912. The van der Waals surface area contributed by atoms with Gasteiger partial charge in [0.15, 0.2) is 0 Å². The molecule has 0 aliphatic heterocycles. The number of anilines is 1. The van der Waals surface area contributed by atoms with Crippen molar-refractivity contribution in [3.63, 3.8) is 0 Å². The molecule has 0 radical (unpaired) electrons. The van der Waals surface area contributed by atoms with E-state index in [2.05, 4.69) is 18.0 Å². The minimum Gasteiger partial charge on any atom is -0.286 e. The topological polar surface area (TPSA) is 63.9 Å². The summed E-state index contributed by atoms with van der Waals surface area (Å²) >= 11 is 0. The van der Waals surface area contributed by atoms with Gasteiger partial charge in [-0.1, -0.05) is 37.3 Å². The number of pyridine rings is 1. The Labute approximate surface area is 113 Å². The molecule has 0 fully saturated rings. The average molecular weight is 252 g/mol. The van der Waals surface area contributed by atoms with Crippen molar-refractivity contribution in [1.29, 1.82) is 5.26 Å². The number of nitrogen functional groups attached to an aromatic ring is 1. The summed E-state index contributed by atoms with van der Waals surface area (Å²) in [4.78, 5) is 3.16. The van der Waals surface area contributed by atoms with Gasteiger partial charge in [-0.15, -0.1) is 0 Å². The van der Waals surface area contributed by atoms with Crippen LogP contribution >= 0.6 is 0 Å². The van der Waals surface area contributed by atoms with E-state index in [1.165, 1.54) is 0 Å². The number of nitrogens with zero attached hydrogens (tertiary/aromatic N) is 1. The van der Waals surface area contributed by atoms with Crippen molar-refractivity contribution in [3.8, 4) is 17.2 Å². The number of aryl methyl sites for hydroxylation is 1. The van der Waals surface area contributed by atoms with Crippen LogP contribution in [0.15, 0.2) is 30.3 Å². The number of nitrogens with two attached hydrogens (primary N) is 1. The third-order valence-electron chi connectivity index (χ3n) is 3.31. The second-order valence-corrected chi connectivity index (χ2v) is 4.62. The normalized spacial score (nSPS) is 10.2. The lowest BCUT2D eigenvalue weighted by Crippen LogP contribution is -2.21. The molecule has 0 aliphatic rings. The first kappa shape index (κ1) is 13.1. The van der Waals surface area contributed by atoms with Crippen LogP contribution in [0.25, 0.3) is 11.1 Å². The van der Waals surface area contributed by atoms with E-state index < -0.39 is 0 Å². The molecule has 3 N–H and O–H groups in total. The third-order valence-corrected chi connectivity index (χ3v) is 3.31. The molecule has 0 saturated heterocycles. The zero-order valence-electron chi connectivity index (χ0n) is 11.3. The molecule has 0 spiro atoms. The maximum absolute atomic E-state index is 9.36. The molecule has 0 amide bonds. The highest BCUT2D eigenvalue weighted by atomic mass is 14.8. The monoisotopic (exact) mass is 252 g/mol. The number of nitriles is 1. The van der Waals surface area contributed by atoms with Gasteiger partial charge in [0.25, 0.3) is 5.82 Å². The largest absolute Gasteiger partial charge is 0.289 e. The van der Waals surface area contributed by atoms with Gasteiger partial charge < -0.3 is 0 Å². The van der Waals surface area contributed by atoms with Crippen LogP contribution in [0.4, 0.5) is 5.82 Å². The van der Waals surface area contributed by atoms with Crippen molar-refractivity contribution in [2.45, 2.75) is 26.7 Å². The molecule has 1 heterocycles. The molecule has 96 valence electrons. The van der Waals surface area contributed by atoms with Gasteiger partial charge in [0.2, 0.25) is 0 Å². The Hall–Kier alpha value is -2.34. The second kappa shape index (κ2) is 5.53. The summed E-state index contributed by atoms with van der Waals surface area (Å²) < 4.78 is 0. The Kier molecular flexibility index (Phi) is 3.82. The molecule has 0 aliphatic carbocycles. The van der Waals surface area contributed by atoms with Gasteiger partial charge in [-0.05, 0) is 18.9 Å². The van der Waals surface area contributed by atoms with Gasteiger partial charge in [-0.25, -0.2) is 4.98 Å². The lowest BCUT2D eigenvalue weighted by atomic mass is 9.94. The fourth-order valence-electron chi connectivity index (χ4n) is 2.37.